The van der Waals surface area contributed by atoms with Gasteiger partial charge in [0, 0.05) is 11.5 Å². The number of carboxylic acids is 1. The number of nitrogens with two attached hydrogens (primary N) is 1. The largest absolute Gasteiger partial charge is 0.508 e. The SMILES string of the molecule is N[C@@H](Cc1ccc(O)cc1)C(=O)O.O=c1ccc2ccccc2o1. The van der Waals surface area contributed by atoms with Crippen molar-refractivity contribution in [3.05, 3.63) is 76.6 Å². The normalized spacial score (nSPS) is 11.4. The van der Waals surface area contributed by atoms with Gasteiger partial charge < -0.3 is 20.4 Å². The summed E-state index contributed by atoms with van der Waals surface area (Å²) in [6, 6.07) is 16.0. The zero-order valence-corrected chi connectivity index (χ0v) is 12.8. The van der Waals surface area contributed by atoms with Crippen LogP contribution in [0.15, 0.2) is 69.9 Å². The van der Waals surface area contributed by atoms with E-state index in [0.717, 1.165) is 10.9 Å². The molecule has 24 heavy (non-hydrogen) atoms. The molecule has 1 heterocycles. The van der Waals surface area contributed by atoms with E-state index in [1.54, 1.807) is 24.3 Å². The van der Waals surface area contributed by atoms with Crippen LogP contribution in [0.25, 0.3) is 11.0 Å². The van der Waals surface area contributed by atoms with Crippen LogP contribution in [0, 0.1) is 0 Å². The van der Waals surface area contributed by atoms with Crippen molar-refractivity contribution in [2.24, 2.45) is 5.73 Å². The highest BCUT2D eigenvalue weighted by molar-refractivity contribution is 5.75. The molecule has 4 N–H and O–H groups in total. The third kappa shape index (κ3) is 4.96. The minimum atomic E-state index is -1.02. The second-order valence-electron chi connectivity index (χ2n) is 5.11. The molecule has 0 aliphatic carbocycles. The van der Waals surface area contributed by atoms with Gasteiger partial charge >= 0.3 is 11.6 Å². The Hall–Kier alpha value is -3.12. The number of benzene rings is 2. The Morgan fingerprint density at radius 3 is 2.38 bits per heavy atom. The molecule has 1 aromatic heterocycles. The first-order valence-corrected chi connectivity index (χ1v) is 7.21. The summed E-state index contributed by atoms with van der Waals surface area (Å²) in [5.41, 5.74) is 6.46. The van der Waals surface area contributed by atoms with E-state index in [-0.39, 0.29) is 17.8 Å². The number of hydrogen-bond donors (Lipinski definition) is 3. The standard InChI is InChI=1S/C9H11NO3.C9H6O2/c10-8(9(12)13)5-6-1-3-7(11)4-2-6;10-9-6-5-7-3-1-2-4-8(7)11-9/h1-4,8,11H,5,10H2,(H,12,13);1-6H/t8-;/m0./s1. The van der Waals surface area contributed by atoms with Crippen LogP contribution in [0.2, 0.25) is 0 Å². The van der Waals surface area contributed by atoms with E-state index in [2.05, 4.69) is 0 Å². The lowest BCUT2D eigenvalue weighted by atomic mass is 10.1. The second-order valence-corrected chi connectivity index (χ2v) is 5.11. The van der Waals surface area contributed by atoms with E-state index in [9.17, 15) is 9.59 Å². The molecule has 6 heteroatoms. The average molecular weight is 327 g/mol. The number of phenols is 1. The molecule has 0 bridgehead atoms. The Balaban J connectivity index is 0.000000175. The summed E-state index contributed by atoms with van der Waals surface area (Å²) in [6.07, 6.45) is 0.273. The highest BCUT2D eigenvalue weighted by Crippen LogP contribution is 2.11. The van der Waals surface area contributed by atoms with Gasteiger partial charge in [0.2, 0.25) is 0 Å². The zero-order chi connectivity index (χ0) is 17.5. The maximum Gasteiger partial charge on any atom is 0.336 e. The predicted octanol–water partition coefficient (Wildman–Crippen LogP) is 2.14. The molecule has 3 aromatic rings. The third-order valence-corrected chi connectivity index (χ3v) is 3.24. The molecule has 0 aliphatic rings. The summed E-state index contributed by atoms with van der Waals surface area (Å²) < 4.78 is 4.91. The average Bonchev–Trinajstić information content (AvgIpc) is 2.57. The van der Waals surface area contributed by atoms with Gasteiger partial charge in [0.05, 0.1) is 0 Å². The first kappa shape index (κ1) is 17.2. The Bertz CT molecular complexity index is 870. The number of carbonyl (C=O) groups is 1. The lowest BCUT2D eigenvalue weighted by molar-refractivity contribution is -0.138. The van der Waals surface area contributed by atoms with Gasteiger partial charge in [0.15, 0.2) is 0 Å². The van der Waals surface area contributed by atoms with Crippen LogP contribution >= 0.6 is 0 Å². The van der Waals surface area contributed by atoms with Gasteiger partial charge in [0.25, 0.3) is 0 Å². The molecule has 0 aliphatic heterocycles. The predicted molar refractivity (Wildman–Crippen MR) is 89.9 cm³/mol. The first-order chi connectivity index (χ1) is 11.5. The Morgan fingerprint density at radius 2 is 1.71 bits per heavy atom. The molecule has 0 fully saturated rings. The van der Waals surface area contributed by atoms with Crippen molar-refractivity contribution < 1.29 is 19.4 Å². The summed E-state index contributed by atoms with van der Waals surface area (Å²) in [7, 11) is 0. The van der Waals surface area contributed by atoms with E-state index >= 15 is 0 Å². The van der Waals surface area contributed by atoms with Gasteiger partial charge in [-0.1, -0.05) is 30.3 Å². The number of para-hydroxylation sites is 1. The highest BCUT2D eigenvalue weighted by atomic mass is 16.4. The Morgan fingerprint density at radius 1 is 1.04 bits per heavy atom. The Kier molecular flexibility index (Phi) is 5.70. The number of carboxylic acid groups (broad SMARTS) is 1. The number of rotatable bonds is 3. The van der Waals surface area contributed by atoms with Crippen LogP contribution < -0.4 is 11.4 Å². The molecular weight excluding hydrogens is 310 g/mol. The number of aromatic hydroxyl groups is 1. The summed E-state index contributed by atoms with van der Waals surface area (Å²) in [4.78, 5) is 21.1. The fourth-order valence-corrected chi connectivity index (χ4v) is 1.98. The minimum Gasteiger partial charge on any atom is -0.508 e. The van der Waals surface area contributed by atoms with Crippen molar-refractivity contribution >= 4 is 16.9 Å². The van der Waals surface area contributed by atoms with Crippen molar-refractivity contribution in [2.75, 3.05) is 0 Å². The maximum atomic E-state index is 10.7. The van der Waals surface area contributed by atoms with Crippen LogP contribution in [0.1, 0.15) is 5.56 Å². The number of phenolic OH excluding ortho intramolecular Hbond substituents is 1. The summed E-state index contributed by atoms with van der Waals surface area (Å²) in [5, 5.41) is 18.4. The van der Waals surface area contributed by atoms with Gasteiger partial charge in [-0.2, -0.15) is 0 Å². The molecule has 6 nitrogen and oxygen atoms in total. The van der Waals surface area contributed by atoms with Gasteiger partial charge in [-0.05, 0) is 36.2 Å². The topological polar surface area (TPSA) is 114 Å². The van der Waals surface area contributed by atoms with E-state index in [0.29, 0.717) is 5.58 Å². The molecule has 0 radical (unpaired) electrons. The lowest BCUT2D eigenvalue weighted by Crippen LogP contribution is -2.32. The fraction of sp³-hybridized carbons (Fsp3) is 0.111. The quantitative estimate of drug-likeness (QED) is 0.635. The van der Waals surface area contributed by atoms with Gasteiger partial charge in [0.1, 0.15) is 17.4 Å². The van der Waals surface area contributed by atoms with Crippen molar-refractivity contribution in [2.45, 2.75) is 12.5 Å². The van der Waals surface area contributed by atoms with E-state index < -0.39 is 12.0 Å². The maximum absolute atomic E-state index is 10.7. The van der Waals surface area contributed by atoms with Crippen molar-refractivity contribution in [3.63, 3.8) is 0 Å². The van der Waals surface area contributed by atoms with Crippen LogP contribution in [0.5, 0.6) is 5.75 Å². The van der Waals surface area contributed by atoms with Gasteiger partial charge in [-0.25, -0.2) is 4.79 Å². The summed E-state index contributed by atoms with van der Waals surface area (Å²) >= 11 is 0. The molecule has 0 amide bonds. The number of fused-ring (bicyclic) bond motifs is 1. The monoisotopic (exact) mass is 327 g/mol. The fourth-order valence-electron chi connectivity index (χ4n) is 1.98. The molecule has 0 saturated heterocycles. The number of aliphatic carboxylic acids is 1. The molecule has 2 aromatic carbocycles. The Labute approximate surface area is 137 Å². The van der Waals surface area contributed by atoms with Gasteiger partial charge in [-0.15, -0.1) is 0 Å². The molecular formula is C18H17NO5. The van der Waals surface area contributed by atoms with E-state index in [1.165, 1.54) is 18.2 Å². The first-order valence-electron chi connectivity index (χ1n) is 7.21. The van der Waals surface area contributed by atoms with Crippen LogP contribution in [0.3, 0.4) is 0 Å². The van der Waals surface area contributed by atoms with Crippen molar-refractivity contribution in [3.8, 4) is 5.75 Å². The number of hydrogen-bond acceptors (Lipinski definition) is 5. The van der Waals surface area contributed by atoms with Crippen LogP contribution in [0.4, 0.5) is 0 Å². The molecule has 0 saturated carbocycles. The molecule has 124 valence electrons. The summed E-state index contributed by atoms with van der Waals surface area (Å²) in [5.74, 6) is -0.860. The van der Waals surface area contributed by atoms with E-state index in [1.807, 2.05) is 18.2 Å². The minimum absolute atomic E-state index is 0.160. The third-order valence-electron chi connectivity index (χ3n) is 3.24. The van der Waals surface area contributed by atoms with Crippen molar-refractivity contribution in [1.82, 2.24) is 0 Å². The van der Waals surface area contributed by atoms with Crippen LogP contribution in [-0.4, -0.2) is 22.2 Å². The molecule has 3 rings (SSSR count). The molecule has 1 atom stereocenters. The molecule has 0 spiro atoms. The van der Waals surface area contributed by atoms with Crippen LogP contribution in [-0.2, 0) is 11.2 Å². The second kappa shape index (κ2) is 7.94. The van der Waals surface area contributed by atoms with Gasteiger partial charge in [-0.3, -0.25) is 4.79 Å². The lowest BCUT2D eigenvalue weighted by Gasteiger charge is -2.05. The highest BCUT2D eigenvalue weighted by Gasteiger charge is 2.11. The smallest absolute Gasteiger partial charge is 0.336 e. The van der Waals surface area contributed by atoms with E-state index in [4.69, 9.17) is 20.4 Å². The van der Waals surface area contributed by atoms with Crippen molar-refractivity contribution in [1.29, 1.82) is 0 Å². The molecule has 0 unspecified atom stereocenters. The summed E-state index contributed by atoms with van der Waals surface area (Å²) in [6.45, 7) is 0. The zero-order valence-electron chi connectivity index (χ0n) is 12.8.